The van der Waals surface area contributed by atoms with Crippen LogP contribution < -0.4 is 10.6 Å². The Kier molecular flexibility index (Phi) is 8.61. The second kappa shape index (κ2) is 12.3. The number of morpholine rings is 1. The highest BCUT2D eigenvalue weighted by Gasteiger charge is 2.10. The molecule has 1 aliphatic heterocycles. The SMILES string of the molecule is C/C=C/c1cc(Nc2nc(/C=C/c3cccc(Cl)c3)nc(NCCCN3CCOCC3)n2)n[nH]1. The molecule has 9 nitrogen and oxygen atoms in total. The van der Waals surface area contributed by atoms with Crippen LogP contribution in [0.1, 0.15) is 30.4 Å². The molecule has 34 heavy (non-hydrogen) atoms. The van der Waals surface area contributed by atoms with E-state index < -0.39 is 0 Å². The summed E-state index contributed by atoms with van der Waals surface area (Å²) in [6.07, 6.45) is 8.62. The number of rotatable bonds is 10. The second-order valence-corrected chi connectivity index (χ2v) is 8.23. The molecule has 0 radical (unpaired) electrons. The van der Waals surface area contributed by atoms with Crippen molar-refractivity contribution in [2.45, 2.75) is 13.3 Å². The summed E-state index contributed by atoms with van der Waals surface area (Å²) in [7, 11) is 0. The summed E-state index contributed by atoms with van der Waals surface area (Å²) in [5.74, 6) is 2.07. The van der Waals surface area contributed by atoms with Crippen molar-refractivity contribution in [3.8, 4) is 0 Å². The van der Waals surface area contributed by atoms with Crippen molar-refractivity contribution in [1.29, 1.82) is 0 Å². The van der Waals surface area contributed by atoms with E-state index in [1.54, 1.807) is 0 Å². The summed E-state index contributed by atoms with van der Waals surface area (Å²) in [6.45, 7) is 7.30. The topological polar surface area (TPSA) is 104 Å². The molecule has 0 saturated carbocycles. The molecule has 0 bridgehead atoms. The van der Waals surface area contributed by atoms with Crippen LogP contribution in [0.2, 0.25) is 5.02 Å². The number of aromatic nitrogens is 5. The Morgan fingerprint density at radius 1 is 1.09 bits per heavy atom. The number of anilines is 3. The van der Waals surface area contributed by atoms with Crippen molar-refractivity contribution >= 4 is 47.5 Å². The minimum absolute atomic E-state index is 0.412. The van der Waals surface area contributed by atoms with Gasteiger partial charge in [0.25, 0.3) is 0 Å². The Morgan fingerprint density at radius 2 is 1.94 bits per heavy atom. The summed E-state index contributed by atoms with van der Waals surface area (Å²) in [6, 6.07) is 9.49. The van der Waals surface area contributed by atoms with Gasteiger partial charge in [-0.05, 0) is 49.7 Å². The first-order valence-electron chi connectivity index (χ1n) is 11.4. The third-order valence-electron chi connectivity index (χ3n) is 5.15. The van der Waals surface area contributed by atoms with E-state index in [0.29, 0.717) is 28.6 Å². The quantitative estimate of drug-likeness (QED) is 0.368. The van der Waals surface area contributed by atoms with Gasteiger partial charge in [0.15, 0.2) is 11.6 Å². The smallest absolute Gasteiger partial charge is 0.233 e. The second-order valence-electron chi connectivity index (χ2n) is 7.80. The van der Waals surface area contributed by atoms with Crippen LogP contribution >= 0.6 is 11.6 Å². The van der Waals surface area contributed by atoms with E-state index in [1.807, 2.05) is 61.6 Å². The summed E-state index contributed by atoms with van der Waals surface area (Å²) in [5, 5.41) is 14.4. The van der Waals surface area contributed by atoms with E-state index in [0.717, 1.165) is 57.1 Å². The molecule has 0 atom stereocenters. The number of halogens is 1. The maximum absolute atomic E-state index is 6.10. The lowest BCUT2D eigenvalue weighted by Crippen LogP contribution is -2.37. The van der Waals surface area contributed by atoms with Crippen molar-refractivity contribution in [3.63, 3.8) is 0 Å². The van der Waals surface area contributed by atoms with Gasteiger partial charge < -0.3 is 15.4 Å². The van der Waals surface area contributed by atoms with E-state index in [2.05, 4.69) is 40.7 Å². The van der Waals surface area contributed by atoms with Crippen molar-refractivity contribution in [2.75, 3.05) is 50.0 Å². The molecule has 2 aromatic heterocycles. The van der Waals surface area contributed by atoms with Crippen molar-refractivity contribution in [3.05, 3.63) is 58.5 Å². The van der Waals surface area contributed by atoms with Crippen molar-refractivity contribution in [1.82, 2.24) is 30.0 Å². The Labute approximate surface area is 204 Å². The zero-order valence-corrected chi connectivity index (χ0v) is 19.9. The molecule has 4 rings (SSSR count). The van der Waals surface area contributed by atoms with Gasteiger partial charge in [0, 0.05) is 30.7 Å². The van der Waals surface area contributed by atoms with Gasteiger partial charge in [-0.1, -0.05) is 35.9 Å². The fraction of sp³-hybridized carbons (Fsp3) is 0.333. The molecule has 3 heterocycles. The number of aromatic amines is 1. The van der Waals surface area contributed by atoms with Gasteiger partial charge in [0.1, 0.15) is 0 Å². The number of ether oxygens (including phenoxy) is 1. The Morgan fingerprint density at radius 3 is 2.76 bits per heavy atom. The monoisotopic (exact) mass is 480 g/mol. The van der Waals surface area contributed by atoms with Crippen LogP contribution in [-0.2, 0) is 4.74 Å². The van der Waals surface area contributed by atoms with E-state index in [1.165, 1.54) is 0 Å². The average Bonchev–Trinajstić information content (AvgIpc) is 3.28. The largest absolute Gasteiger partial charge is 0.379 e. The summed E-state index contributed by atoms with van der Waals surface area (Å²) >= 11 is 6.10. The highest BCUT2D eigenvalue weighted by Crippen LogP contribution is 2.16. The van der Waals surface area contributed by atoms with Gasteiger partial charge in [-0.3, -0.25) is 10.00 Å². The van der Waals surface area contributed by atoms with E-state index in [-0.39, 0.29) is 0 Å². The summed E-state index contributed by atoms with van der Waals surface area (Å²) in [5.41, 5.74) is 1.85. The van der Waals surface area contributed by atoms with Crippen LogP contribution in [0.4, 0.5) is 17.7 Å². The lowest BCUT2D eigenvalue weighted by molar-refractivity contribution is 0.0378. The molecule has 3 aromatic rings. The third-order valence-corrected chi connectivity index (χ3v) is 5.38. The highest BCUT2D eigenvalue weighted by molar-refractivity contribution is 6.30. The number of nitrogens with zero attached hydrogens (tertiary/aromatic N) is 5. The number of nitrogens with one attached hydrogen (secondary N) is 3. The first-order valence-corrected chi connectivity index (χ1v) is 11.7. The van der Waals surface area contributed by atoms with E-state index in [4.69, 9.17) is 16.3 Å². The third kappa shape index (κ3) is 7.38. The maximum Gasteiger partial charge on any atom is 0.233 e. The Balaban J connectivity index is 1.46. The molecule has 1 aromatic carbocycles. The van der Waals surface area contributed by atoms with Crippen LogP contribution in [-0.4, -0.2) is 69.4 Å². The standard InChI is InChI=1S/C24H29ClN8O/c1-2-5-20-17-22(32-31-20)29-24-28-21(9-8-18-6-3-7-19(25)16-18)27-23(30-24)26-10-4-11-33-12-14-34-15-13-33/h2-3,5-9,16-17H,4,10-15H2,1H3,(H3,26,27,28,29,30,31,32)/b5-2+,9-8+. The molecule has 1 fully saturated rings. The molecule has 3 N–H and O–H groups in total. The lowest BCUT2D eigenvalue weighted by atomic mass is 10.2. The van der Waals surface area contributed by atoms with Gasteiger partial charge >= 0.3 is 0 Å². The van der Waals surface area contributed by atoms with Gasteiger partial charge in [-0.25, -0.2) is 0 Å². The van der Waals surface area contributed by atoms with Crippen LogP contribution in [0, 0.1) is 0 Å². The molecule has 0 unspecified atom stereocenters. The molecular weight excluding hydrogens is 452 g/mol. The molecule has 0 amide bonds. The first-order chi connectivity index (χ1) is 16.7. The lowest BCUT2D eigenvalue weighted by Gasteiger charge is -2.26. The van der Waals surface area contributed by atoms with Gasteiger partial charge in [-0.15, -0.1) is 0 Å². The minimum atomic E-state index is 0.412. The highest BCUT2D eigenvalue weighted by atomic mass is 35.5. The van der Waals surface area contributed by atoms with Gasteiger partial charge in [-0.2, -0.15) is 20.1 Å². The molecule has 1 saturated heterocycles. The van der Waals surface area contributed by atoms with Crippen LogP contribution in [0.25, 0.3) is 18.2 Å². The predicted octanol–water partition coefficient (Wildman–Crippen LogP) is 4.33. The molecular formula is C24H29ClN8O. The average molecular weight is 481 g/mol. The minimum Gasteiger partial charge on any atom is -0.379 e. The zero-order chi connectivity index (χ0) is 23.6. The van der Waals surface area contributed by atoms with Crippen LogP contribution in [0.15, 0.2) is 36.4 Å². The molecule has 0 aliphatic carbocycles. The molecule has 178 valence electrons. The number of hydrogen-bond acceptors (Lipinski definition) is 8. The van der Waals surface area contributed by atoms with Crippen LogP contribution in [0.3, 0.4) is 0 Å². The number of hydrogen-bond donors (Lipinski definition) is 3. The summed E-state index contributed by atoms with van der Waals surface area (Å²) < 4.78 is 5.41. The number of benzene rings is 1. The number of allylic oxidation sites excluding steroid dienone is 1. The molecule has 1 aliphatic rings. The van der Waals surface area contributed by atoms with E-state index in [9.17, 15) is 0 Å². The summed E-state index contributed by atoms with van der Waals surface area (Å²) in [4.78, 5) is 16.0. The normalized spacial score (nSPS) is 14.8. The van der Waals surface area contributed by atoms with E-state index >= 15 is 0 Å². The Bertz CT molecular complexity index is 1120. The molecule has 0 spiro atoms. The van der Waals surface area contributed by atoms with Crippen LogP contribution in [0.5, 0.6) is 0 Å². The van der Waals surface area contributed by atoms with Crippen molar-refractivity contribution in [2.24, 2.45) is 0 Å². The Hall–Kier alpha value is -3.27. The predicted molar refractivity (Wildman–Crippen MR) is 137 cm³/mol. The van der Waals surface area contributed by atoms with Gasteiger partial charge in [0.2, 0.25) is 11.9 Å². The maximum atomic E-state index is 6.10. The fourth-order valence-corrected chi connectivity index (χ4v) is 3.69. The fourth-order valence-electron chi connectivity index (χ4n) is 3.49. The number of H-pyrrole nitrogens is 1. The first kappa shape index (κ1) is 23.9. The molecule has 10 heteroatoms. The van der Waals surface area contributed by atoms with Crippen molar-refractivity contribution < 1.29 is 4.74 Å². The zero-order valence-electron chi connectivity index (χ0n) is 19.2. The van der Waals surface area contributed by atoms with Gasteiger partial charge in [0.05, 0.1) is 18.9 Å².